The first-order valence-electron chi connectivity index (χ1n) is 5.48. The van der Waals surface area contributed by atoms with Crippen molar-refractivity contribution in [2.45, 2.75) is 13.8 Å². The lowest BCUT2D eigenvalue weighted by atomic mass is 10.2. The van der Waals surface area contributed by atoms with Crippen LogP contribution in [0.5, 0.6) is 11.6 Å². The van der Waals surface area contributed by atoms with Gasteiger partial charge in [0.15, 0.2) is 0 Å². The monoisotopic (exact) mass is 278 g/mol. The smallest absolute Gasteiger partial charge is 0.335 e. The van der Waals surface area contributed by atoms with Gasteiger partial charge in [0.2, 0.25) is 5.88 Å². The fourth-order valence-electron chi connectivity index (χ4n) is 1.56. The van der Waals surface area contributed by atoms with E-state index in [1.165, 1.54) is 18.2 Å². The van der Waals surface area contributed by atoms with Crippen LogP contribution in [-0.2, 0) is 0 Å². The quantitative estimate of drug-likeness (QED) is 0.933. The number of carbonyl (C=O) groups is 1. The molecular weight excluding hydrogens is 268 g/mol. The predicted molar refractivity (Wildman–Crippen MR) is 70.0 cm³/mol. The van der Waals surface area contributed by atoms with Gasteiger partial charge < -0.3 is 9.84 Å². The zero-order valence-corrected chi connectivity index (χ0v) is 11.1. The second-order valence-electron chi connectivity index (χ2n) is 3.95. The summed E-state index contributed by atoms with van der Waals surface area (Å²) in [7, 11) is 0. The van der Waals surface area contributed by atoms with Crippen molar-refractivity contribution in [1.82, 2.24) is 9.97 Å². The third kappa shape index (κ3) is 3.20. The summed E-state index contributed by atoms with van der Waals surface area (Å²) in [4.78, 5) is 19.0. The van der Waals surface area contributed by atoms with Gasteiger partial charge in [-0.1, -0.05) is 11.6 Å². The number of hydrogen-bond donors (Lipinski definition) is 1. The average Bonchev–Trinajstić information content (AvgIpc) is 2.30. The molecule has 0 fully saturated rings. The molecule has 0 radical (unpaired) electrons. The van der Waals surface area contributed by atoms with E-state index in [1.807, 2.05) is 6.92 Å². The number of hydrogen-bond acceptors (Lipinski definition) is 4. The van der Waals surface area contributed by atoms with Gasteiger partial charge in [-0.25, -0.2) is 9.78 Å². The van der Waals surface area contributed by atoms with Crippen LogP contribution in [0.4, 0.5) is 0 Å². The first kappa shape index (κ1) is 13.3. The zero-order valence-electron chi connectivity index (χ0n) is 10.3. The molecular formula is C13H11ClN2O3. The minimum Gasteiger partial charge on any atom is -0.478 e. The van der Waals surface area contributed by atoms with Crippen LogP contribution in [-0.4, -0.2) is 21.0 Å². The summed E-state index contributed by atoms with van der Waals surface area (Å²) in [6, 6.07) is 5.93. The Hall–Kier alpha value is -2.14. The molecule has 1 N–H and O–H groups in total. The molecule has 0 amide bonds. The molecule has 6 heteroatoms. The topological polar surface area (TPSA) is 72.3 Å². The van der Waals surface area contributed by atoms with E-state index in [9.17, 15) is 4.79 Å². The minimum absolute atomic E-state index is 0.104. The number of aromatic carboxylic acids is 1. The summed E-state index contributed by atoms with van der Waals surface area (Å²) in [5.74, 6) is 0.273. The molecule has 1 heterocycles. The number of aryl methyl sites for hydroxylation is 2. The fourth-order valence-corrected chi connectivity index (χ4v) is 1.78. The Bertz CT molecular complexity index is 624. The van der Waals surface area contributed by atoms with Crippen LogP contribution in [0.2, 0.25) is 5.02 Å². The molecule has 0 bridgehead atoms. The van der Waals surface area contributed by atoms with Crippen molar-refractivity contribution in [2.75, 3.05) is 0 Å². The van der Waals surface area contributed by atoms with Crippen molar-refractivity contribution in [3.05, 3.63) is 46.4 Å². The highest BCUT2D eigenvalue weighted by Gasteiger charge is 2.09. The molecule has 2 aromatic rings. The highest BCUT2D eigenvalue weighted by molar-refractivity contribution is 6.32. The van der Waals surface area contributed by atoms with E-state index in [4.69, 9.17) is 21.4 Å². The van der Waals surface area contributed by atoms with Gasteiger partial charge in [-0.15, -0.1) is 0 Å². The Morgan fingerprint density at radius 2 is 2.00 bits per heavy atom. The summed E-state index contributed by atoms with van der Waals surface area (Å²) in [6.45, 7) is 3.59. The average molecular weight is 279 g/mol. The van der Waals surface area contributed by atoms with Crippen molar-refractivity contribution >= 4 is 17.6 Å². The van der Waals surface area contributed by atoms with E-state index in [1.54, 1.807) is 13.0 Å². The van der Waals surface area contributed by atoms with Crippen LogP contribution in [0, 0.1) is 13.8 Å². The first-order valence-corrected chi connectivity index (χ1v) is 5.86. The number of ether oxygens (including phenoxy) is 1. The first-order chi connectivity index (χ1) is 8.95. The summed E-state index contributed by atoms with van der Waals surface area (Å²) in [5.41, 5.74) is 0.883. The second kappa shape index (κ2) is 5.24. The molecule has 19 heavy (non-hydrogen) atoms. The number of carboxylic acid groups (broad SMARTS) is 1. The van der Waals surface area contributed by atoms with Crippen LogP contribution >= 0.6 is 11.6 Å². The highest BCUT2D eigenvalue weighted by atomic mass is 35.5. The maximum Gasteiger partial charge on any atom is 0.335 e. The molecule has 0 unspecified atom stereocenters. The van der Waals surface area contributed by atoms with E-state index >= 15 is 0 Å². The third-order valence-electron chi connectivity index (χ3n) is 2.34. The van der Waals surface area contributed by atoms with E-state index in [0.29, 0.717) is 17.5 Å². The Kier molecular flexibility index (Phi) is 3.66. The van der Waals surface area contributed by atoms with E-state index in [2.05, 4.69) is 9.97 Å². The van der Waals surface area contributed by atoms with Crippen molar-refractivity contribution in [3.8, 4) is 11.6 Å². The van der Waals surface area contributed by atoms with Crippen molar-refractivity contribution < 1.29 is 14.6 Å². The van der Waals surface area contributed by atoms with E-state index in [-0.39, 0.29) is 10.6 Å². The van der Waals surface area contributed by atoms with Crippen molar-refractivity contribution in [3.63, 3.8) is 0 Å². The fraction of sp³-hybridized carbons (Fsp3) is 0.154. The molecule has 0 aliphatic rings. The molecule has 0 spiro atoms. The van der Waals surface area contributed by atoms with Gasteiger partial charge in [-0.3, -0.25) is 0 Å². The maximum atomic E-state index is 10.8. The predicted octanol–water partition coefficient (Wildman–Crippen LogP) is 3.24. The van der Waals surface area contributed by atoms with Crippen molar-refractivity contribution in [2.24, 2.45) is 0 Å². The second-order valence-corrected chi connectivity index (χ2v) is 4.35. The minimum atomic E-state index is -1.04. The number of benzene rings is 1. The molecule has 98 valence electrons. The number of rotatable bonds is 3. The lowest BCUT2D eigenvalue weighted by Crippen LogP contribution is -1.98. The standard InChI is InChI=1S/C13H11ClN2O3/c1-7-5-12(16-8(2)15-7)19-11-4-3-9(13(17)18)6-10(11)14/h3-6H,1-2H3,(H,17,18). The lowest BCUT2D eigenvalue weighted by molar-refractivity contribution is 0.0697. The van der Waals surface area contributed by atoms with Gasteiger partial charge >= 0.3 is 5.97 Å². The molecule has 0 saturated heterocycles. The van der Waals surface area contributed by atoms with E-state index in [0.717, 1.165) is 5.69 Å². The van der Waals surface area contributed by atoms with Gasteiger partial charge in [0, 0.05) is 11.8 Å². The molecule has 1 aromatic heterocycles. The number of carboxylic acids is 1. The molecule has 0 aliphatic heterocycles. The van der Waals surface area contributed by atoms with Gasteiger partial charge in [0.05, 0.1) is 10.6 Å². The number of halogens is 1. The van der Waals surface area contributed by atoms with Crippen LogP contribution in [0.25, 0.3) is 0 Å². The van der Waals surface area contributed by atoms with Crippen LogP contribution in [0.3, 0.4) is 0 Å². The summed E-state index contributed by atoms with van der Waals surface area (Å²) in [6.07, 6.45) is 0. The SMILES string of the molecule is Cc1cc(Oc2ccc(C(=O)O)cc2Cl)nc(C)n1. The Labute approximate surface area is 114 Å². The highest BCUT2D eigenvalue weighted by Crippen LogP contribution is 2.29. The summed E-state index contributed by atoms with van der Waals surface area (Å²) in [5, 5.41) is 9.06. The van der Waals surface area contributed by atoms with E-state index < -0.39 is 5.97 Å². The maximum absolute atomic E-state index is 10.8. The zero-order chi connectivity index (χ0) is 14.0. The molecule has 0 saturated carbocycles. The molecule has 1 aromatic carbocycles. The number of nitrogens with zero attached hydrogens (tertiary/aromatic N) is 2. The van der Waals surface area contributed by atoms with Crippen molar-refractivity contribution in [1.29, 1.82) is 0 Å². The Balaban J connectivity index is 2.30. The lowest BCUT2D eigenvalue weighted by Gasteiger charge is -2.08. The van der Waals surface area contributed by atoms with Gasteiger partial charge in [-0.05, 0) is 32.0 Å². The molecule has 2 rings (SSSR count). The molecule has 0 aliphatic carbocycles. The largest absolute Gasteiger partial charge is 0.478 e. The van der Waals surface area contributed by atoms with Gasteiger partial charge in [0.1, 0.15) is 11.6 Å². The summed E-state index contributed by atoms with van der Waals surface area (Å²) >= 11 is 5.97. The summed E-state index contributed by atoms with van der Waals surface area (Å²) < 4.78 is 5.53. The van der Waals surface area contributed by atoms with Crippen LogP contribution < -0.4 is 4.74 Å². The Morgan fingerprint density at radius 1 is 1.26 bits per heavy atom. The van der Waals surface area contributed by atoms with Gasteiger partial charge in [0.25, 0.3) is 0 Å². The van der Waals surface area contributed by atoms with Gasteiger partial charge in [-0.2, -0.15) is 4.98 Å². The molecule has 5 nitrogen and oxygen atoms in total. The third-order valence-corrected chi connectivity index (χ3v) is 2.63. The van der Waals surface area contributed by atoms with Crippen LogP contribution in [0.1, 0.15) is 21.9 Å². The molecule has 0 atom stereocenters. The number of aromatic nitrogens is 2. The normalized spacial score (nSPS) is 10.3. The Morgan fingerprint density at radius 3 is 2.58 bits per heavy atom. The van der Waals surface area contributed by atoms with Crippen LogP contribution in [0.15, 0.2) is 24.3 Å².